The summed E-state index contributed by atoms with van der Waals surface area (Å²) in [5.74, 6) is -2.37. The molecule has 172 valence electrons. The molecule has 1 aliphatic heterocycles. The monoisotopic (exact) mass is 462 g/mol. The molecule has 1 fully saturated rings. The predicted octanol–water partition coefficient (Wildman–Crippen LogP) is 3.70. The summed E-state index contributed by atoms with van der Waals surface area (Å²) < 4.78 is 49.4. The van der Waals surface area contributed by atoms with Crippen LogP contribution in [0.15, 0.2) is 48.0 Å². The summed E-state index contributed by atoms with van der Waals surface area (Å²) in [4.78, 5) is 49.4. The van der Waals surface area contributed by atoms with E-state index in [1.165, 1.54) is 25.3 Å². The molecule has 2 aromatic carbocycles. The van der Waals surface area contributed by atoms with Crippen LogP contribution in [0, 0.1) is 0 Å². The fourth-order valence-electron chi connectivity index (χ4n) is 2.93. The van der Waals surface area contributed by atoms with Gasteiger partial charge in [-0.1, -0.05) is 19.1 Å². The summed E-state index contributed by atoms with van der Waals surface area (Å²) in [7, 11) is 1.32. The number of imide groups is 2. The maximum Gasteiger partial charge on any atom is 0.416 e. The van der Waals surface area contributed by atoms with Gasteiger partial charge in [0, 0.05) is 6.42 Å². The molecule has 1 N–H and O–H groups in total. The van der Waals surface area contributed by atoms with Crippen LogP contribution in [0.2, 0.25) is 0 Å². The maximum atomic E-state index is 13.0. The van der Waals surface area contributed by atoms with Crippen LogP contribution >= 0.6 is 0 Å². The van der Waals surface area contributed by atoms with E-state index in [2.05, 4.69) is 0 Å². The first-order valence-corrected chi connectivity index (χ1v) is 9.52. The van der Waals surface area contributed by atoms with E-state index in [-0.39, 0.29) is 29.2 Å². The lowest BCUT2D eigenvalue weighted by Crippen LogP contribution is -2.54. The second kappa shape index (κ2) is 9.15. The molecule has 1 heterocycles. The second-order valence-electron chi connectivity index (χ2n) is 6.74. The molecule has 0 unspecified atom stereocenters. The van der Waals surface area contributed by atoms with Gasteiger partial charge in [-0.2, -0.15) is 13.2 Å². The van der Waals surface area contributed by atoms with Gasteiger partial charge in [0.25, 0.3) is 11.8 Å². The summed E-state index contributed by atoms with van der Waals surface area (Å²) in [6, 6.07) is 6.62. The van der Waals surface area contributed by atoms with Gasteiger partial charge in [-0.25, -0.2) is 9.69 Å². The molecule has 1 aliphatic rings. The van der Waals surface area contributed by atoms with E-state index in [9.17, 15) is 32.3 Å². The molecule has 0 aromatic heterocycles. The first-order valence-electron chi connectivity index (χ1n) is 9.52. The third-order valence-electron chi connectivity index (χ3n) is 4.54. The highest BCUT2D eigenvalue weighted by Gasteiger charge is 2.38. The van der Waals surface area contributed by atoms with Crippen molar-refractivity contribution in [2.75, 3.05) is 12.0 Å². The van der Waals surface area contributed by atoms with Crippen molar-refractivity contribution >= 4 is 35.6 Å². The van der Waals surface area contributed by atoms with Crippen LogP contribution in [0.4, 0.5) is 23.7 Å². The Bertz CT molecular complexity index is 1170. The quantitative estimate of drug-likeness (QED) is 0.315. The third-order valence-corrected chi connectivity index (χ3v) is 4.54. The van der Waals surface area contributed by atoms with E-state index in [4.69, 9.17) is 9.47 Å². The van der Waals surface area contributed by atoms with E-state index in [0.717, 1.165) is 24.3 Å². The number of halogens is 3. The van der Waals surface area contributed by atoms with Crippen molar-refractivity contribution in [3.05, 3.63) is 59.2 Å². The average Bonchev–Trinajstić information content (AvgIpc) is 2.76. The molecule has 3 rings (SSSR count). The standard InChI is InChI=1S/C22H17F3N2O6/c1-3-18(28)33-16-8-7-12(10-17(16)32-2)9-15-19(29)26-21(31)27(20(15)30)14-6-4-5-13(11-14)22(23,24)25/h4-11H,3H2,1-2H3,(H,26,29,31). The van der Waals surface area contributed by atoms with E-state index < -0.39 is 41.1 Å². The first kappa shape index (κ1) is 23.5. The van der Waals surface area contributed by atoms with Crippen molar-refractivity contribution in [1.29, 1.82) is 0 Å². The molecule has 1 saturated heterocycles. The van der Waals surface area contributed by atoms with Crippen molar-refractivity contribution < 1.29 is 41.8 Å². The second-order valence-corrected chi connectivity index (χ2v) is 6.74. The Morgan fingerprint density at radius 1 is 1.09 bits per heavy atom. The van der Waals surface area contributed by atoms with Gasteiger partial charge in [-0.05, 0) is 42.0 Å². The number of carbonyl (C=O) groups is 4. The largest absolute Gasteiger partial charge is 0.493 e. The number of benzene rings is 2. The number of esters is 1. The highest BCUT2D eigenvalue weighted by molar-refractivity contribution is 6.39. The SMILES string of the molecule is CCC(=O)Oc1ccc(C=C2C(=O)NC(=O)N(c3cccc(C(F)(F)F)c3)C2=O)cc1OC. The smallest absolute Gasteiger partial charge is 0.416 e. The van der Waals surface area contributed by atoms with Gasteiger partial charge in [0.15, 0.2) is 11.5 Å². The molecule has 33 heavy (non-hydrogen) atoms. The van der Waals surface area contributed by atoms with Crippen LogP contribution in [0.5, 0.6) is 11.5 Å². The molecule has 0 spiro atoms. The maximum absolute atomic E-state index is 13.0. The number of alkyl halides is 3. The number of amides is 4. The van der Waals surface area contributed by atoms with E-state index in [1.807, 2.05) is 5.32 Å². The Morgan fingerprint density at radius 3 is 2.45 bits per heavy atom. The van der Waals surface area contributed by atoms with Gasteiger partial charge in [0.1, 0.15) is 5.57 Å². The minimum Gasteiger partial charge on any atom is -0.493 e. The lowest BCUT2D eigenvalue weighted by molar-refractivity contribution is -0.137. The number of urea groups is 1. The molecule has 0 saturated carbocycles. The number of carbonyl (C=O) groups excluding carboxylic acids is 4. The Kier molecular flexibility index (Phi) is 6.52. The number of hydrogen-bond donors (Lipinski definition) is 1. The van der Waals surface area contributed by atoms with Crippen LogP contribution in [0.1, 0.15) is 24.5 Å². The molecule has 0 atom stereocenters. The number of rotatable bonds is 5. The molecule has 11 heteroatoms. The minimum atomic E-state index is -4.70. The lowest BCUT2D eigenvalue weighted by atomic mass is 10.1. The van der Waals surface area contributed by atoms with Crippen LogP contribution in [-0.2, 0) is 20.6 Å². The van der Waals surface area contributed by atoms with E-state index >= 15 is 0 Å². The summed E-state index contributed by atoms with van der Waals surface area (Å²) in [6.07, 6.45) is -3.43. The Hall–Kier alpha value is -4.15. The van der Waals surface area contributed by atoms with Gasteiger partial charge in [0.2, 0.25) is 0 Å². The molecular formula is C22H17F3N2O6. The fourth-order valence-corrected chi connectivity index (χ4v) is 2.93. The zero-order chi connectivity index (χ0) is 24.3. The van der Waals surface area contributed by atoms with Crippen molar-refractivity contribution in [3.8, 4) is 11.5 Å². The van der Waals surface area contributed by atoms with Gasteiger partial charge in [0.05, 0.1) is 18.4 Å². The van der Waals surface area contributed by atoms with Crippen molar-refractivity contribution in [1.82, 2.24) is 5.32 Å². The lowest BCUT2D eigenvalue weighted by Gasteiger charge is -2.27. The number of barbiturate groups is 1. The third kappa shape index (κ3) is 5.03. The van der Waals surface area contributed by atoms with Gasteiger partial charge in [-0.15, -0.1) is 0 Å². The topological polar surface area (TPSA) is 102 Å². The Labute approximate surface area is 185 Å². The summed E-state index contributed by atoms with van der Waals surface area (Å²) >= 11 is 0. The van der Waals surface area contributed by atoms with Gasteiger partial charge >= 0.3 is 18.2 Å². The van der Waals surface area contributed by atoms with Gasteiger partial charge < -0.3 is 9.47 Å². The van der Waals surface area contributed by atoms with Crippen LogP contribution < -0.4 is 19.7 Å². The number of nitrogens with zero attached hydrogens (tertiary/aromatic N) is 1. The van der Waals surface area contributed by atoms with Crippen LogP contribution in [-0.4, -0.2) is 30.9 Å². The number of anilines is 1. The predicted molar refractivity (Wildman–Crippen MR) is 109 cm³/mol. The number of hydrogen-bond acceptors (Lipinski definition) is 6. The summed E-state index contributed by atoms with van der Waals surface area (Å²) in [5.41, 5.74) is -1.64. The van der Waals surface area contributed by atoms with Crippen molar-refractivity contribution in [2.24, 2.45) is 0 Å². The molecule has 0 aliphatic carbocycles. The first-order chi connectivity index (χ1) is 15.5. The minimum absolute atomic E-state index is 0.117. The number of methoxy groups -OCH3 is 1. The molecule has 4 amide bonds. The van der Waals surface area contributed by atoms with E-state index in [1.54, 1.807) is 6.92 Å². The van der Waals surface area contributed by atoms with Gasteiger partial charge in [-0.3, -0.25) is 19.7 Å². The zero-order valence-corrected chi connectivity index (χ0v) is 17.4. The molecular weight excluding hydrogens is 445 g/mol. The van der Waals surface area contributed by atoms with Crippen LogP contribution in [0.3, 0.4) is 0 Å². The van der Waals surface area contributed by atoms with Crippen molar-refractivity contribution in [3.63, 3.8) is 0 Å². The fraction of sp³-hybridized carbons (Fsp3) is 0.182. The number of nitrogens with one attached hydrogen (secondary N) is 1. The molecule has 2 aromatic rings. The molecule has 0 radical (unpaired) electrons. The van der Waals surface area contributed by atoms with E-state index in [0.29, 0.717) is 11.0 Å². The highest BCUT2D eigenvalue weighted by Crippen LogP contribution is 2.33. The zero-order valence-electron chi connectivity index (χ0n) is 17.4. The van der Waals surface area contributed by atoms with Crippen LogP contribution in [0.25, 0.3) is 6.08 Å². The molecule has 0 bridgehead atoms. The summed E-state index contributed by atoms with van der Waals surface area (Å²) in [5, 5.41) is 1.94. The summed E-state index contributed by atoms with van der Waals surface area (Å²) in [6.45, 7) is 1.61. The number of ether oxygens (including phenoxy) is 2. The average molecular weight is 462 g/mol. The highest BCUT2D eigenvalue weighted by atomic mass is 19.4. The van der Waals surface area contributed by atoms with Crippen molar-refractivity contribution in [2.45, 2.75) is 19.5 Å². The normalized spacial score (nSPS) is 15.5. The Balaban J connectivity index is 1.98. The Morgan fingerprint density at radius 2 is 1.82 bits per heavy atom. The molecule has 8 nitrogen and oxygen atoms in total.